The molecule has 304 valence electrons. The van der Waals surface area contributed by atoms with Crippen molar-refractivity contribution in [2.75, 3.05) is 11.5 Å². The van der Waals surface area contributed by atoms with Crippen molar-refractivity contribution in [2.24, 2.45) is 5.41 Å². The maximum absolute atomic E-state index is 12.8. The van der Waals surface area contributed by atoms with E-state index in [-0.39, 0.29) is 23.7 Å². The highest BCUT2D eigenvalue weighted by Gasteiger charge is 2.18. The van der Waals surface area contributed by atoms with Gasteiger partial charge in [0.1, 0.15) is 22.7 Å². The van der Waals surface area contributed by atoms with Gasteiger partial charge in [0.2, 0.25) is 11.8 Å². The first-order chi connectivity index (χ1) is 28.9. The molecule has 12 heteroatoms. The number of carbonyl (C=O) groups is 2. The van der Waals surface area contributed by atoms with E-state index < -0.39 is 0 Å². The first-order valence-electron chi connectivity index (χ1n) is 20.3. The Morgan fingerprint density at radius 3 is 1.53 bits per heavy atom. The van der Waals surface area contributed by atoms with Gasteiger partial charge in [0.15, 0.2) is 11.6 Å². The Hall–Kier alpha value is -7.08. The molecule has 0 unspecified atom stereocenters. The van der Waals surface area contributed by atoms with Gasteiger partial charge < -0.3 is 31.2 Å². The van der Waals surface area contributed by atoms with Gasteiger partial charge in [-0.2, -0.15) is 0 Å². The van der Waals surface area contributed by atoms with Crippen LogP contribution in [0.15, 0.2) is 109 Å². The third-order valence-corrected chi connectivity index (χ3v) is 11.2. The van der Waals surface area contributed by atoms with Crippen LogP contribution < -0.4 is 22.1 Å². The van der Waals surface area contributed by atoms with Crippen LogP contribution in [0.1, 0.15) is 67.0 Å². The lowest BCUT2D eigenvalue weighted by molar-refractivity contribution is -0.122. The van der Waals surface area contributed by atoms with E-state index in [1.165, 1.54) is 0 Å². The largest absolute Gasteiger partial charge is 0.382 e. The molecule has 8 aromatic rings. The zero-order valence-corrected chi connectivity index (χ0v) is 34.5. The van der Waals surface area contributed by atoms with E-state index in [2.05, 4.69) is 80.0 Å². The number of para-hydroxylation sites is 2. The Kier molecular flexibility index (Phi) is 11.0. The van der Waals surface area contributed by atoms with Gasteiger partial charge in [-0.25, -0.2) is 19.9 Å². The van der Waals surface area contributed by atoms with E-state index in [1.54, 1.807) is 0 Å². The molecule has 0 saturated carbocycles. The van der Waals surface area contributed by atoms with Crippen molar-refractivity contribution in [1.29, 1.82) is 0 Å². The van der Waals surface area contributed by atoms with E-state index >= 15 is 0 Å². The minimum absolute atomic E-state index is 0.00750. The summed E-state index contributed by atoms with van der Waals surface area (Å²) in [6, 6.07) is 32.5. The zero-order chi connectivity index (χ0) is 42.0. The smallest absolute Gasteiger partial charge is 0.224 e. The summed E-state index contributed by atoms with van der Waals surface area (Å²) >= 11 is 0. The van der Waals surface area contributed by atoms with Crippen molar-refractivity contribution in [2.45, 2.75) is 73.1 Å². The van der Waals surface area contributed by atoms with E-state index in [4.69, 9.17) is 21.4 Å². The molecule has 0 aliphatic rings. The van der Waals surface area contributed by atoms with Crippen molar-refractivity contribution in [3.8, 4) is 0 Å². The highest BCUT2D eigenvalue weighted by atomic mass is 16.2. The summed E-state index contributed by atoms with van der Waals surface area (Å²) in [4.78, 5) is 44.1. The first kappa shape index (κ1) is 39.7. The van der Waals surface area contributed by atoms with Gasteiger partial charge in [-0.1, -0.05) is 111 Å². The number of hydrogen-bond donors (Lipinski definition) is 4. The molecule has 12 nitrogen and oxygen atoms in total. The Balaban J connectivity index is 0.773. The summed E-state index contributed by atoms with van der Waals surface area (Å²) in [5, 5.41) is 8.12. The van der Waals surface area contributed by atoms with Gasteiger partial charge in [0, 0.05) is 49.8 Å². The zero-order valence-electron chi connectivity index (χ0n) is 34.5. The van der Waals surface area contributed by atoms with E-state index in [0.29, 0.717) is 50.7 Å². The molecule has 60 heavy (non-hydrogen) atoms. The average Bonchev–Trinajstić information content (AvgIpc) is 3.75. The third kappa shape index (κ3) is 8.54. The fourth-order valence-electron chi connectivity index (χ4n) is 7.78. The number of nitrogen functional groups attached to an aromatic ring is 2. The number of aryl methyl sites for hydroxylation is 2. The molecule has 0 spiro atoms. The van der Waals surface area contributed by atoms with Crippen LogP contribution in [0, 0.1) is 19.3 Å². The number of hydrogen-bond acceptors (Lipinski definition) is 8. The molecule has 0 bridgehead atoms. The number of benzene rings is 4. The molecule has 6 N–H and O–H groups in total. The number of pyridine rings is 2. The maximum Gasteiger partial charge on any atom is 0.224 e. The highest BCUT2D eigenvalue weighted by Crippen LogP contribution is 2.31. The molecule has 0 aliphatic heterocycles. The van der Waals surface area contributed by atoms with Crippen LogP contribution in [0.5, 0.6) is 0 Å². The number of anilines is 2. The predicted molar refractivity (Wildman–Crippen MR) is 240 cm³/mol. The van der Waals surface area contributed by atoms with Gasteiger partial charge in [0.25, 0.3) is 0 Å². The van der Waals surface area contributed by atoms with Gasteiger partial charge in [0.05, 0.1) is 22.1 Å². The molecule has 0 fully saturated rings. The number of aromatic nitrogens is 6. The number of allylic oxidation sites excluding steroid dienone is 1. The minimum Gasteiger partial charge on any atom is -0.382 e. The lowest BCUT2D eigenvalue weighted by Crippen LogP contribution is -2.24. The second-order valence-electron chi connectivity index (χ2n) is 16.2. The maximum atomic E-state index is 12.8. The van der Waals surface area contributed by atoms with E-state index in [0.717, 1.165) is 77.8 Å². The molecule has 0 saturated heterocycles. The molecular formula is C48H50N10O2. The fourth-order valence-corrected chi connectivity index (χ4v) is 7.78. The van der Waals surface area contributed by atoms with Crippen LogP contribution in [-0.2, 0) is 35.8 Å². The molecular weight excluding hydrogens is 749 g/mol. The van der Waals surface area contributed by atoms with Crippen molar-refractivity contribution < 1.29 is 9.59 Å². The Labute approximate surface area is 348 Å². The molecule has 4 aromatic heterocycles. The molecule has 0 aliphatic carbocycles. The molecule has 8 rings (SSSR count). The number of nitrogens with one attached hydrogen (secondary N) is 2. The lowest BCUT2D eigenvalue weighted by atomic mass is 9.87. The summed E-state index contributed by atoms with van der Waals surface area (Å²) in [5.74, 6) is 2.54. The van der Waals surface area contributed by atoms with Crippen LogP contribution in [0.3, 0.4) is 0 Å². The first-order valence-corrected chi connectivity index (χ1v) is 20.3. The summed E-state index contributed by atoms with van der Waals surface area (Å²) in [7, 11) is 0. The number of carbonyl (C=O) groups excluding carboxylic acids is 2. The van der Waals surface area contributed by atoms with Crippen LogP contribution >= 0.6 is 0 Å². The van der Waals surface area contributed by atoms with Crippen LogP contribution in [-0.4, -0.2) is 40.9 Å². The molecule has 0 atom stereocenters. The number of amides is 2. The van der Waals surface area contributed by atoms with E-state index in [9.17, 15) is 9.59 Å². The predicted octanol–water partition coefficient (Wildman–Crippen LogP) is 8.05. The summed E-state index contributed by atoms with van der Waals surface area (Å²) in [6.07, 6.45) is 5.23. The number of nitrogens with two attached hydrogens (primary N) is 2. The van der Waals surface area contributed by atoms with Crippen LogP contribution in [0.4, 0.5) is 11.6 Å². The highest BCUT2D eigenvalue weighted by molar-refractivity contribution is 6.07. The third-order valence-electron chi connectivity index (χ3n) is 11.2. The summed E-state index contributed by atoms with van der Waals surface area (Å²) in [5.41, 5.74) is 21.7. The number of imidazole rings is 2. The second-order valence-corrected chi connectivity index (χ2v) is 16.2. The normalized spacial score (nSPS) is 12.0. The van der Waals surface area contributed by atoms with Crippen molar-refractivity contribution in [1.82, 2.24) is 39.7 Å². The number of fused-ring (bicyclic) bond motifs is 6. The van der Waals surface area contributed by atoms with Crippen molar-refractivity contribution in [3.05, 3.63) is 143 Å². The van der Waals surface area contributed by atoms with Crippen LogP contribution in [0.25, 0.3) is 43.9 Å². The lowest BCUT2D eigenvalue weighted by Gasteiger charge is -2.20. The van der Waals surface area contributed by atoms with Gasteiger partial charge >= 0.3 is 0 Å². The summed E-state index contributed by atoms with van der Waals surface area (Å²) in [6.45, 7) is 10.3. The summed E-state index contributed by atoms with van der Waals surface area (Å²) < 4.78 is 4.36. The SMILES string of the molecule is Cc1nc2c(N)nc3ccccc3c2n1Cc1ccc(CNC(=O)C/C=C/C(C)(C)CCC(=O)NCc2ccc(Cn3c(C)nc4c(N)nc5ccccc5c43)cc2)cc1. The van der Waals surface area contributed by atoms with Gasteiger partial charge in [-0.05, 0) is 60.1 Å². The van der Waals surface area contributed by atoms with E-state index in [1.807, 2.05) is 86.7 Å². The number of nitrogens with zero attached hydrogens (tertiary/aromatic N) is 6. The second kappa shape index (κ2) is 16.6. The van der Waals surface area contributed by atoms with Gasteiger partial charge in [-0.3, -0.25) is 9.59 Å². The average molecular weight is 799 g/mol. The number of rotatable bonds is 14. The Bertz CT molecular complexity index is 2910. The quantitative estimate of drug-likeness (QED) is 0.0801. The standard InChI is InChI=1S/C48H50N10O2/c1-30-53-42-44(36-10-5-7-12-38(36)55-46(42)49)57(30)28-34-19-15-32(16-20-34)26-51-40(59)14-9-24-48(3,4)25-23-41(60)52-27-33-17-21-35(22-18-33)29-58-31(2)54-43-45(58)37-11-6-8-13-39(37)56-47(43)50/h5-13,15-22,24H,14,23,25-29H2,1-4H3,(H2,49,55)(H2,50,56)(H,51,59)(H,52,60)/b24-9+. The van der Waals surface area contributed by atoms with Crippen molar-refractivity contribution in [3.63, 3.8) is 0 Å². The van der Waals surface area contributed by atoms with Crippen molar-refractivity contribution >= 4 is 67.3 Å². The monoisotopic (exact) mass is 798 g/mol. The minimum atomic E-state index is -0.246. The molecule has 4 heterocycles. The Morgan fingerprint density at radius 1 is 0.617 bits per heavy atom. The fraction of sp³-hybridized carbons (Fsp3) is 0.250. The Morgan fingerprint density at radius 2 is 1.05 bits per heavy atom. The molecule has 4 aromatic carbocycles. The topological polar surface area (TPSA) is 172 Å². The van der Waals surface area contributed by atoms with Crippen LogP contribution in [0.2, 0.25) is 0 Å². The van der Waals surface area contributed by atoms with Gasteiger partial charge in [-0.15, -0.1) is 0 Å². The molecule has 2 amide bonds. The molecule has 0 radical (unpaired) electrons.